The molecule has 222 valence electrons. The van der Waals surface area contributed by atoms with Crippen molar-refractivity contribution in [2.45, 2.75) is 38.5 Å². The highest BCUT2D eigenvalue weighted by atomic mass is 35.5. The quantitative estimate of drug-likeness (QED) is 0.297. The Balaban J connectivity index is 1.10. The molecule has 0 radical (unpaired) electrons. The number of tetrazole rings is 1. The highest BCUT2D eigenvalue weighted by Gasteiger charge is 2.26. The monoisotopic (exact) mass is 600 g/mol. The second kappa shape index (κ2) is 13.3. The number of morpholine rings is 1. The van der Waals surface area contributed by atoms with E-state index in [9.17, 15) is 5.26 Å². The van der Waals surface area contributed by atoms with Gasteiger partial charge >= 0.3 is 0 Å². The van der Waals surface area contributed by atoms with Crippen molar-refractivity contribution in [2.75, 3.05) is 49.6 Å². The highest BCUT2D eigenvalue weighted by molar-refractivity contribution is 6.33. The van der Waals surface area contributed by atoms with Gasteiger partial charge in [-0.15, -0.1) is 5.10 Å². The number of ether oxygens (including phenoxy) is 2. The minimum absolute atomic E-state index is 0.259. The van der Waals surface area contributed by atoms with Crippen molar-refractivity contribution in [1.82, 2.24) is 35.1 Å². The lowest BCUT2D eigenvalue weighted by Crippen LogP contribution is -2.49. The smallest absolute Gasteiger partial charge is 0.227 e. The van der Waals surface area contributed by atoms with Crippen LogP contribution >= 0.6 is 11.6 Å². The lowest BCUT2D eigenvalue weighted by atomic mass is 10.0. The fourth-order valence-electron chi connectivity index (χ4n) is 5.57. The van der Waals surface area contributed by atoms with E-state index in [1.165, 1.54) is 6.33 Å². The van der Waals surface area contributed by atoms with E-state index in [0.717, 1.165) is 74.7 Å². The normalized spacial score (nSPS) is 16.9. The standard InChI is InChI=1S/C30H33ClN10O2/c1-21(19-41-20-35-37-38-41)43-29-14-22(2-3-23(29)16-32)24-17-33-30(34-18-24)36-28-15-26(4-5-27(28)31)39-8-6-25(7-9-39)40-10-12-42-13-11-40/h2-5,14-15,17-18,20-21,25H,6-13,19H2,1H3,(H,33,34,36). The van der Waals surface area contributed by atoms with E-state index in [1.807, 2.05) is 25.1 Å². The van der Waals surface area contributed by atoms with E-state index in [4.69, 9.17) is 21.1 Å². The summed E-state index contributed by atoms with van der Waals surface area (Å²) in [6.07, 6.45) is 7.00. The van der Waals surface area contributed by atoms with Crippen LogP contribution in [0.1, 0.15) is 25.3 Å². The molecule has 2 saturated heterocycles. The van der Waals surface area contributed by atoms with Gasteiger partial charge in [-0.25, -0.2) is 14.6 Å². The number of piperidine rings is 1. The number of anilines is 3. The Morgan fingerprint density at radius 1 is 1.07 bits per heavy atom. The van der Waals surface area contributed by atoms with Gasteiger partial charge in [-0.3, -0.25) is 4.90 Å². The molecule has 4 aromatic rings. The van der Waals surface area contributed by atoms with Crippen molar-refractivity contribution in [2.24, 2.45) is 0 Å². The first-order valence-electron chi connectivity index (χ1n) is 14.4. The van der Waals surface area contributed by atoms with Gasteiger partial charge in [0.05, 0.1) is 36.0 Å². The summed E-state index contributed by atoms with van der Waals surface area (Å²) in [4.78, 5) is 14.1. The number of nitrogens with zero attached hydrogens (tertiary/aromatic N) is 9. The predicted octanol–water partition coefficient (Wildman–Crippen LogP) is 4.17. The summed E-state index contributed by atoms with van der Waals surface area (Å²) < 4.78 is 13.2. The molecule has 0 spiro atoms. The van der Waals surface area contributed by atoms with Gasteiger partial charge in [0.1, 0.15) is 24.3 Å². The molecule has 0 bridgehead atoms. The molecule has 1 N–H and O–H groups in total. The maximum Gasteiger partial charge on any atom is 0.227 e. The first-order chi connectivity index (χ1) is 21.1. The van der Waals surface area contributed by atoms with Gasteiger partial charge in [0.2, 0.25) is 5.95 Å². The second-order valence-corrected chi connectivity index (χ2v) is 11.1. The molecule has 1 atom stereocenters. The summed E-state index contributed by atoms with van der Waals surface area (Å²) >= 11 is 6.56. The van der Waals surface area contributed by atoms with Crippen LogP contribution in [-0.2, 0) is 11.3 Å². The summed E-state index contributed by atoms with van der Waals surface area (Å²) in [7, 11) is 0. The van der Waals surface area contributed by atoms with Gasteiger partial charge in [-0.1, -0.05) is 17.7 Å². The lowest BCUT2D eigenvalue weighted by Gasteiger charge is -2.41. The molecule has 2 aromatic heterocycles. The number of hydrogen-bond donors (Lipinski definition) is 1. The predicted molar refractivity (Wildman–Crippen MR) is 162 cm³/mol. The van der Waals surface area contributed by atoms with Crippen molar-refractivity contribution in [3.05, 3.63) is 65.7 Å². The minimum atomic E-state index is -0.259. The Morgan fingerprint density at radius 2 is 1.86 bits per heavy atom. The Morgan fingerprint density at radius 3 is 2.58 bits per heavy atom. The van der Waals surface area contributed by atoms with Crippen LogP contribution in [-0.4, -0.2) is 86.6 Å². The summed E-state index contributed by atoms with van der Waals surface area (Å²) in [5.74, 6) is 0.911. The van der Waals surface area contributed by atoms with Crippen LogP contribution in [0.2, 0.25) is 5.02 Å². The van der Waals surface area contributed by atoms with E-state index >= 15 is 0 Å². The van der Waals surface area contributed by atoms with Crippen LogP contribution in [0.15, 0.2) is 55.1 Å². The fourth-order valence-corrected chi connectivity index (χ4v) is 5.74. The molecule has 2 aliphatic rings. The molecular weight excluding hydrogens is 568 g/mol. The number of aromatic nitrogens is 6. The van der Waals surface area contributed by atoms with Crippen molar-refractivity contribution in [3.63, 3.8) is 0 Å². The van der Waals surface area contributed by atoms with Crippen molar-refractivity contribution < 1.29 is 9.47 Å². The Hall–Kier alpha value is -4.31. The number of benzene rings is 2. The second-order valence-electron chi connectivity index (χ2n) is 10.7. The fraction of sp³-hybridized carbons (Fsp3) is 0.400. The Bertz CT molecular complexity index is 1550. The van der Waals surface area contributed by atoms with Crippen LogP contribution < -0.4 is 15.0 Å². The van der Waals surface area contributed by atoms with Crippen LogP contribution in [0, 0.1) is 11.3 Å². The van der Waals surface area contributed by atoms with Gasteiger partial charge in [0.25, 0.3) is 0 Å². The summed E-state index contributed by atoms with van der Waals surface area (Å²) in [6, 6.07) is 14.3. The first kappa shape index (κ1) is 28.8. The molecule has 0 aliphatic carbocycles. The third-order valence-electron chi connectivity index (χ3n) is 7.84. The average molecular weight is 601 g/mol. The molecule has 0 amide bonds. The summed E-state index contributed by atoms with van der Waals surface area (Å²) in [6.45, 7) is 8.07. The maximum atomic E-state index is 9.60. The van der Waals surface area contributed by atoms with Crippen LogP contribution in [0.25, 0.3) is 11.1 Å². The number of nitrogens with one attached hydrogen (secondary N) is 1. The first-order valence-corrected chi connectivity index (χ1v) is 14.8. The lowest BCUT2D eigenvalue weighted by molar-refractivity contribution is 0.0115. The molecule has 0 saturated carbocycles. The molecule has 2 aromatic carbocycles. The van der Waals surface area contributed by atoms with Crippen LogP contribution in [0.3, 0.4) is 0 Å². The molecule has 13 heteroatoms. The molecule has 2 aliphatic heterocycles. The molecule has 1 unspecified atom stereocenters. The summed E-state index contributed by atoms with van der Waals surface area (Å²) in [5, 5.41) is 24.6. The van der Waals surface area contributed by atoms with E-state index in [1.54, 1.807) is 23.1 Å². The zero-order valence-electron chi connectivity index (χ0n) is 23.9. The Kier molecular flexibility index (Phi) is 8.93. The van der Waals surface area contributed by atoms with Gasteiger partial charge in [-0.2, -0.15) is 5.26 Å². The van der Waals surface area contributed by atoms with Crippen molar-refractivity contribution in [3.8, 4) is 22.9 Å². The highest BCUT2D eigenvalue weighted by Crippen LogP contribution is 2.32. The molecular formula is C30H33ClN10O2. The minimum Gasteiger partial charge on any atom is -0.487 e. The van der Waals surface area contributed by atoms with Gasteiger partial charge in [-0.05, 0) is 66.1 Å². The molecule has 12 nitrogen and oxygen atoms in total. The summed E-state index contributed by atoms with van der Waals surface area (Å²) in [5.41, 5.74) is 3.94. The SMILES string of the molecule is CC(Cn1cnnn1)Oc1cc(-c2cnc(Nc3cc(N4CCC(N5CCOCC5)CC4)ccc3Cl)nc2)ccc1C#N. The largest absolute Gasteiger partial charge is 0.487 e. The molecule has 2 fully saturated rings. The number of halogens is 1. The Labute approximate surface area is 255 Å². The maximum absolute atomic E-state index is 9.60. The molecule has 43 heavy (non-hydrogen) atoms. The zero-order valence-corrected chi connectivity index (χ0v) is 24.7. The number of nitriles is 1. The topological polar surface area (TPSA) is 130 Å². The van der Waals surface area contributed by atoms with E-state index in [0.29, 0.717) is 34.9 Å². The van der Waals surface area contributed by atoms with Crippen molar-refractivity contribution in [1.29, 1.82) is 5.26 Å². The number of hydrogen-bond acceptors (Lipinski definition) is 11. The third kappa shape index (κ3) is 7.02. The average Bonchev–Trinajstić information content (AvgIpc) is 3.56. The van der Waals surface area contributed by atoms with Gasteiger partial charge < -0.3 is 19.7 Å². The van der Waals surface area contributed by atoms with E-state index in [-0.39, 0.29) is 6.10 Å². The van der Waals surface area contributed by atoms with Crippen LogP contribution in [0.5, 0.6) is 5.75 Å². The van der Waals surface area contributed by atoms with Crippen molar-refractivity contribution >= 4 is 28.9 Å². The third-order valence-corrected chi connectivity index (χ3v) is 8.17. The van der Waals surface area contributed by atoms with Gasteiger partial charge in [0.15, 0.2) is 0 Å². The zero-order chi connectivity index (χ0) is 29.6. The van der Waals surface area contributed by atoms with Crippen LogP contribution in [0.4, 0.5) is 17.3 Å². The van der Waals surface area contributed by atoms with E-state index in [2.05, 4.69) is 58.8 Å². The van der Waals surface area contributed by atoms with E-state index < -0.39 is 0 Å². The van der Waals surface area contributed by atoms with Gasteiger partial charge in [0, 0.05) is 55.9 Å². The molecule has 4 heterocycles. The number of rotatable bonds is 9. The molecule has 6 rings (SSSR count).